The maximum Gasteiger partial charge on any atom is 0.272 e. The van der Waals surface area contributed by atoms with Crippen molar-refractivity contribution in [2.75, 3.05) is 31.1 Å². The molecule has 0 unspecified atom stereocenters. The lowest BCUT2D eigenvalue weighted by atomic mass is 9.93. The third-order valence-electron chi connectivity index (χ3n) is 6.80. The molecule has 9 heteroatoms. The minimum absolute atomic E-state index is 0.0611. The van der Waals surface area contributed by atoms with E-state index in [-0.39, 0.29) is 18.1 Å². The molecule has 0 bridgehead atoms. The normalized spacial score (nSPS) is 22.9. The number of carbonyl (C=O) groups is 1. The van der Waals surface area contributed by atoms with Gasteiger partial charge < -0.3 is 15.0 Å². The van der Waals surface area contributed by atoms with Crippen molar-refractivity contribution in [3.05, 3.63) is 46.6 Å². The summed E-state index contributed by atoms with van der Waals surface area (Å²) in [5.41, 5.74) is 0.780. The number of hydrogen-bond acceptors (Lipinski definition) is 7. The van der Waals surface area contributed by atoms with Crippen LogP contribution in [0.25, 0.3) is 0 Å². The minimum atomic E-state index is -0.187. The third-order valence-corrected chi connectivity index (χ3v) is 7.11. The standard InChI is InChI=1S/C26H33ClN6O2/c1-3-12-32-13-14-33(18(2)17-32)25-11-10-24(30-31-25)26(34)29-20-5-8-21(9-6-20)35-22-7-4-19(16-28)23(27)15-22/h4,7,10-11,15,18,20-21H,3,5-6,8-9,12-14,17H2,1-2H3,(H,29,34)/t18-,20?,21?/m0/s1. The quantitative estimate of drug-likeness (QED) is 0.618. The zero-order chi connectivity index (χ0) is 24.8. The summed E-state index contributed by atoms with van der Waals surface area (Å²) in [7, 11) is 0. The second-order valence-corrected chi connectivity index (χ2v) is 9.85. The number of carbonyl (C=O) groups excluding carboxylic acids is 1. The topological polar surface area (TPSA) is 94.4 Å². The van der Waals surface area contributed by atoms with E-state index in [1.165, 1.54) is 0 Å². The van der Waals surface area contributed by atoms with Crippen molar-refractivity contribution in [3.8, 4) is 11.8 Å². The van der Waals surface area contributed by atoms with Crippen LogP contribution in [0.4, 0.5) is 5.82 Å². The van der Waals surface area contributed by atoms with Crippen molar-refractivity contribution < 1.29 is 9.53 Å². The van der Waals surface area contributed by atoms with Gasteiger partial charge in [-0.1, -0.05) is 18.5 Å². The number of nitriles is 1. The van der Waals surface area contributed by atoms with Crippen LogP contribution < -0.4 is 15.0 Å². The number of halogens is 1. The summed E-state index contributed by atoms with van der Waals surface area (Å²) >= 11 is 6.10. The summed E-state index contributed by atoms with van der Waals surface area (Å²) in [6, 6.07) is 11.3. The molecule has 1 saturated heterocycles. The van der Waals surface area contributed by atoms with Crippen LogP contribution in [-0.4, -0.2) is 65.4 Å². The van der Waals surface area contributed by atoms with Crippen molar-refractivity contribution in [1.29, 1.82) is 5.26 Å². The van der Waals surface area contributed by atoms with Crippen molar-refractivity contribution >= 4 is 23.3 Å². The Morgan fingerprint density at radius 2 is 2.00 bits per heavy atom. The first-order valence-electron chi connectivity index (χ1n) is 12.5. The van der Waals surface area contributed by atoms with Gasteiger partial charge in [-0.3, -0.25) is 9.69 Å². The molecule has 1 atom stereocenters. The maximum absolute atomic E-state index is 12.7. The first kappa shape index (κ1) is 25.2. The second kappa shape index (κ2) is 11.7. The van der Waals surface area contributed by atoms with Crippen molar-refractivity contribution in [2.24, 2.45) is 0 Å². The molecule has 4 rings (SSSR count). The average molecular weight is 497 g/mol. The average Bonchev–Trinajstić information content (AvgIpc) is 2.86. The Bertz CT molecular complexity index is 1050. The largest absolute Gasteiger partial charge is 0.490 e. The van der Waals surface area contributed by atoms with Gasteiger partial charge in [0.05, 0.1) is 16.7 Å². The molecule has 2 aromatic rings. The predicted molar refractivity (Wildman–Crippen MR) is 136 cm³/mol. The summed E-state index contributed by atoms with van der Waals surface area (Å²) in [6.07, 6.45) is 4.53. The monoisotopic (exact) mass is 496 g/mol. The Morgan fingerprint density at radius 1 is 1.20 bits per heavy atom. The van der Waals surface area contributed by atoms with Gasteiger partial charge in [-0.25, -0.2) is 0 Å². The van der Waals surface area contributed by atoms with Gasteiger partial charge in [-0.05, 0) is 69.8 Å². The van der Waals surface area contributed by atoms with Crippen molar-refractivity contribution in [2.45, 2.75) is 64.1 Å². The molecule has 35 heavy (non-hydrogen) atoms. The van der Waals surface area contributed by atoms with E-state index in [9.17, 15) is 4.79 Å². The van der Waals surface area contributed by atoms with Crippen LogP contribution in [-0.2, 0) is 0 Å². The minimum Gasteiger partial charge on any atom is -0.490 e. The van der Waals surface area contributed by atoms with Crippen LogP contribution in [0.3, 0.4) is 0 Å². The highest BCUT2D eigenvalue weighted by Gasteiger charge is 2.26. The van der Waals surface area contributed by atoms with E-state index in [0.717, 1.165) is 64.1 Å². The van der Waals surface area contributed by atoms with Crippen LogP contribution in [0.1, 0.15) is 62.0 Å². The highest BCUT2D eigenvalue weighted by atomic mass is 35.5. The summed E-state index contributed by atoms with van der Waals surface area (Å²) in [6.45, 7) is 8.50. The molecule has 1 N–H and O–H groups in total. The Hall–Kier alpha value is -2.89. The van der Waals surface area contributed by atoms with Crippen molar-refractivity contribution in [1.82, 2.24) is 20.4 Å². The molecule has 1 aromatic heterocycles. The number of ether oxygens (including phenoxy) is 1. The summed E-state index contributed by atoms with van der Waals surface area (Å²) in [4.78, 5) is 17.5. The lowest BCUT2D eigenvalue weighted by molar-refractivity contribution is 0.0888. The molecule has 2 aliphatic rings. The highest BCUT2D eigenvalue weighted by molar-refractivity contribution is 6.31. The molecule has 0 spiro atoms. The molecular weight excluding hydrogens is 464 g/mol. The Morgan fingerprint density at radius 3 is 2.63 bits per heavy atom. The molecule has 1 aliphatic heterocycles. The van der Waals surface area contributed by atoms with E-state index < -0.39 is 0 Å². The SMILES string of the molecule is CCCN1CCN(c2ccc(C(=O)NC3CCC(Oc4ccc(C#N)c(Cl)c4)CC3)nn2)[C@@H](C)C1. The Kier molecular flexibility index (Phi) is 8.42. The van der Waals surface area contributed by atoms with Gasteiger partial charge >= 0.3 is 0 Å². The van der Waals surface area contributed by atoms with E-state index >= 15 is 0 Å². The van der Waals surface area contributed by atoms with Gasteiger partial charge in [0.2, 0.25) is 0 Å². The fourth-order valence-corrected chi connectivity index (χ4v) is 5.14. The molecule has 1 saturated carbocycles. The van der Waals surface area contributed by atoms with E-state index in [4.69, 9.17) is 21.6 Å². The van der Waals surface area contributed by atoms with E-state index in [1.54, 1.807) is 24.3 Å². The fraction of sp³-hybridized carbons (Fsp3) is 0.538. The number of hydrogen-bond donors (Lipinski definition) is 1. The number of amides is 1. The van der Waals surface area contributed by atoms with Crippen LogP contribution >= 0.6 is 11.6 Å². The molecule has 0 radical (unpaired) electrons. The van der Waals surface area contributed by atoms with Crippen LogP contribution in [0.5, 0.6) is 5.75 Å². The number of rotatable bonds is 7. The molecule has 8 nitrogen and oxygen atoms in total. The molecule has 1 aromatic carbocycles. The van der Waals surface area contributed by atoms with Gasteiger partial charge in [0.1, 0.15) is 11.8 Å². The number of benzene rings is 1. The summed E-state index contributed by atoms with van der Waals surface area (Å²) < 4.78 is 6.04. The number of anilines is 1. The first-order valence-corrected chi connectivity index (χ1v) is 12.8. The third kappa shape index (κ3) is 6.41. The van der Waals surface area contributed by atoms with Gasteiger partial charge in [-0.15, -0.1) is 10.2 Å². The van der Waals surface area contributed by atoms with Crippen LogP contribution in [0.2, 0.25) is 5.02 Å². The lowest BCUT2D eigenvalue weighted by Crippen LogP contribution is -2.52. The molecule has 1 amide bonds. The van der Waals surface area contributed by atoms with Gasteiger partial charge in [0, 0.05) is 37.8 Å². The fourth-order valence-electron chi connectivity index (χ4n) is 4.93. The van der Waals surface area contributed by atoms with E-state index in [1.807, 2.05) is 12.1 Å². The van der Waals surface area contributed by atoms with Gasteiger partial charge in [0.15, 0.2) is 11.5 Å². The zero-order valence-corrected chi connectivity index (χ0v) is 21.2. The molecule has 1 aliphatic carbocycles. The number of nitrogens with one attached hydrogen (secondary N) is 1. The summed E-state index contributed by atoms with van der Waals surface area (Å²) in [5.74, 6) is 1.30. The van der Waals surface area contributed by atoms with Crippen molar-refractivity contribution in [3.63, 3.8) is 0 Å². The van der Waals surface area contributed by atoms with Gasteiger partial charge in [-0.2, -0.15) is 5.26 Å². The molecule has 186 valence electrons. The van der Waals surface area contributed by atoms with E-state index in [2.05, 4.69) is 39.2 Å². The van der Waals surface area contributed by atoms with Crippen LogP contribution in [0.15, 0.2) is 30.3 Å². The maximum atomic E-state index is 12.7. The summed E-state index contributed by atoms with van der Waals surface area (Å²) in [5, 5.41) is 21.1. The van der Waals surface area contributed by atoms with E-state index in [0.29, 0.717) is 28.1 Å². The predicted octanol–water partition coefficient (Wildman–Crippen LogP) is 4.04. The zero-order valence-electron chi connectivity index (χ0n) is 20.4. The number of aromatic nitrogens is 2. The smallest absolute Gasteiger partial charge is 0.272 e. The number of piperazine rings is 1. The first-order chi connectivity index (χ1) is 17.0. The Labute approximate surface area is 212 Å². The molecule has 2 fully saturated rings. The van der Waals surface area contributed by atoms with Gasteiger partial charge in [0.25, 0.3) is 5.91 Å². The number of nitrogens with zero attached hydrogens (tertiary/aromatic N) is 5. The second-order valence-electron chi connectivity index (χ2n) is 9.44. The van der Waals surface area contributed by atoms with Crippen LogP contribution in [0, 0.1) is 11.3 Å². The molecular formula is C26H33ClN6O2. The Balaban J connectivity index is 1.24. The highest BCUT2D eigenvalue weighted by Crippen LogP contribution is 2.27. The lowest BCUT2D eigenvalue weighted by Gasteiger charge is -2.40. The molecule has 2 heterocycles.